The highest BCUT2D eigenvalue weighted by Crippen LogP contribution is 2.33. The topological polar surface area (TPSA) is 85.9 Å². The van der Waals surface area contributed by atoms with Crippen LogP contribution in [0.1, 0.15) is 32.1 Å². The Labute approximate surface area is 205 Å². The molecule has 2 aliphatic rings. The number of nitrogens with one attached hydrogen (secondary N) is 3. The van der Waals surface area contributed by atoms with Crippen LogP contribution < -0.4 is 10.6 Å². The van der Waals surface area contributed by atoms with Gasteiger partial charge >= 0.3 is 0 Å². The lowest BCUT2D eigenvalue weighted by atomic mass is 9.96. The van der Waals surface area contributed by atoms with Gasteiger partial charge in [-0.05, 0) is 56.7 Å². The third kappa shape index (κ3) is 4.95. The molecule has 0 unspecified atom stereocenters. The summed E-state index contributed by atoms with van der Waals surface area (Å²) >= 11 is 6.47. The van der Waals surface area contributed by atoms with E-state index in [0.29, 0.717) is 29.0 Å². The molecule has 3 heterocycles. The van der Waals surface area contributed by atoms with Crippen LogP contribution >= 0.6 is 11.6 Å². The minimum atomic E-state index is 0.0494. The van der Waals surface area contributed by atoms with E-state index in [-0.39, 0.29) is 5.91 Å². The zero-order valence-electron chi connectivity index (χ0n) is 19.3. The van der Waals surface area contributed by atoms with Crippen LogP contribution in [0.3, 0.4) is 0 Å². The molecule has 3 aromatic rings. The number of carbonyl (C=O) groups excluding carboxylic acids is 1. The van der Waals surface area contributed by atoms with E-state index in [4.69, 9.17) is 16.6 Å². The van der Waals surface area contributed by atoms with Crippen molar-refractivity contribution in [3.05, 3.63) is 54.3 Å². The second kappa shape index (κ2) is 10.2. The van der Waals surface area contributed by atoms with Crippen LogP contribution in [-0.4, -0.2) is 57.5 Å². The number of carbonyl (C=O) groups is 1. The number of hydrogen-bond acceptors (Lipinski definition) is 5. The van der Waals surface area contributed by atoms with Crippen LogP contribution in [0.4, 0.5) is 5.95 Å². The number of aromatic nitrogens is 3. The van der Waals surface area contributed by atoms with Crippen molar-refractivity contribution in [2.45, 2.75) is 44.2 Å². The van der Waals surface area contributed by atoms with E-state index < -0.39 is 0 Å². The SMILES string of the molecule is C=CC(=O)N1CCC(CN[C@@H]2CC[C@H](Nc3ncc(Cl)c(-c4c[nH]c5ccccc45)n3)C2)CC1. The molecule has 34 heavy (non-hydrogen) atoms. The fourth-order valence-corrected chi connectivity index (χ4v) is 5.39. The molecule has 2 fully saturated rings. The van der Waals surface area contributed by atoms with Crippen molar-refractivity contribution in [1.29, 1.82) is 0 Å². The molecule has 3 N–H and O–H groups in total. The predicted molar refractivity (Wildman–Crippen MR) is 137 cm³/mol. The fraction of sp³-hybridized carbons (Fsp3) is 0.423. The van der Waals surface area contributed by atoms with Gasteiger partial charge in [0.1, 0.15) is 0 Å². The van der Waals surface area contributed by atoms with E-state index in [2.05, 4.69) is 33.2 Å². The van der Waals surface area contributed by atoms with Crippen LogP contribution in [0.2, 0.25) is 5.02 Å². The van der Waals surface area contributed by atoms with E-state index in [1.54, 1.807) is 6.20 Å². The van der Waals surface area contributed by atoms with E-state index in [1.807, 2.05) is 29.3 Å². The normalized spacial score (nSPS) is 21.1. The molecule has 0 spiro atoms. The number of hydrogen-bond donors (Lipinski definition) is 3. The third-order valence-electron chi connectivity index (χ3n) is 7.15. The van der Waals surface area contributed by atoms with Gasteiger partial charge in [-0.25, -0.2) is 9.97 Å². The van der Waals surface area contributed by atoms with Gasteiger partial charge in [-0.15, -0.1) is 0 Å². The van der Waals surface area contributed by atoms with E-state index in [1.165, 1.54) is 6.08 Å². The number of aromatic amines is 1. The lowest BCUT2D eigenvalue weighted by molar-refractivity contribution is -0.127. The number of amides is 1. The van der Waals surface area contributed by atoms with Gasteiger partial charge in [-0.3, -0.25) is 4.79 Å². The van der Waals surface area contributed by atoms with Crippen molar-refractivity contribution in [2.24, 2.45) is 5.92 Å². The largest absolute Gasteiger partial charge is 0.360 e. The number of halogens is 1. The summed E-state index contributed by atoms with van der Waals surface area (Å²) in [6.45, 7) is 6.26. The van der Waals surface area contributed by atoms with Crippen molar-refractivity contribution >= 4 is 34.4 Å². The molecule has 2 atom stereocenters. The van der Waals surface area contributed by atoms with Crippen molar-refractivity contribution in [3.63, 3.8) is 0 Å². The summed E-state index contributed by atoms with van der Waals surface area (Å²) in [5.41, 5.74) is 2.78. The number of para-hydroxylation sites is 1. The number of piperidine rings is 1. The molecule has 2 aromatic heterocycles. The van der Waals surface area contributed by atoms with Gasteiger partial charge in [0.25, 0.3) is 0 Å². The zero-order valence-corrected chi connectivity index (χ0v) is 20.0. The maximum absolute atomic E-state index is 11.8. The minimum Gasteiger partial charge on any atom is -0.360 e. The molecule has 1 saturated carbocycles. The number of likely N-dealkylation sites (tertiary alicyclic amines) is 1. The highest BCUT2D eigenvalue weighted by atomic mass is 35.5. The Morgan fingerprint density at radius 2 is 2.00 bits per heavy atom. The first-order valence-corrected chi connectivity index (χ1v) is 12.5. The third-order valence-corrected chi connectivity index (χ3v) is 7.43. The maximum atomic E-state index is 11.8. The Hall–Kier alpha value is -2.90. The van der Waals surface area contributed by atoms with Gasteiger partial charge in [0.2, 0.25) is 11.9 Å². The minimum absolute atomic E-state index is 0.0494. The lowest BCUT2D eigenvalue weighted by Crippen LogP contribution is -2.41. The molecule has 1 saturated heterocycles. The number of fused-ring (bicyclic) bond motifs is 1. The highest BCUT2D eigenvalue weighted by molar-refractivity contribution is 6.33. The summed E-state index contributed by atoms with van der Waals surface area (Å²) in [6.07, 6.45) is 10.4. The average molecular weight is 479 g/mol. The summed E-state index contributed by atoms with van der Waals surface area (Å²) in [4.78, 5) is 26.2. The Balaban J connectivity index is 1.15. The molecular weight excluding hydrogens is 448 g/mol. The second-order valence-electron chi connectivity index (χ2n) is 9.37. The fourth-order valence-electron chi connectivity index (χ4n) is 5.19. The predicted octanol–water partition coefficient (Wildman–Crippen LogP) is 4.63. The molecule has 0 radical (unpaired) electrons. The molecular formula is C26H31ClN6O. The van der Waals surface area contributed by atoms with Crippen LogP contribution in [-0.2, 0) is 4.79 Å². The molecule has 0 bridgehead atoms. The molecule has 5 rings (SSSR count). The Kier molecular flexibility index (Phi) is 6.83. The molecule has 8 heteroatoms. The van der Waals surface area contributed by atoms with Crippen LogP contribution in [0.15, 0.2) is 49.3 Å². The lowest BCUT2D eigenvalue weighted by Gasteiger charge is -2.32. The maximum Gasteiger partial charge on any atom is 0.245 e. The number of anilines is 1. The number of benzene rings is 1. The van der Waals surface area contributed by atoms with Gasteiger partial charge in [0, 0.05) is 47.8 Å². The van der Waals surface area contributed by atoms with Crippen LogP contribution in [0.25, 0.3) is 22.2 Å². The quantitative estimate of drug-likeness (QED) is 0.431. The van der Waals surface area contributed by atoms with Crippen molar-refractivity contribution in [2.75, 3.05) is 25.0 Å². The summed E-state index contributed by atoms with van der Waals surface area (Å²) in [7, 11) is 0. The molecule has 1 aliphatic carbocycles. The molecule has 7 nitrogen and oxygen atoms in total. The number of H-pyrrole nitrogens is 1. The summed E-state index contributed by atoms with van der Waals surface area (Å²) in [5, 5.41) is 8.92. The molecule has 1 amide bonds. The smallest absolute Gasteiger partial charge is 0.245 e. The highest BCUT2D eigenvalue weighted by Gasteiger charge is 2.27. The standard InChI is InChI=1S/C26H31ClN6O/c1-2-24(34)33-11-9-17(10-12-33)14-28-18-7-8-19(13-18)31-26-30-16-22(27)25(32-26)21-15-29-23-6-4-3-5-20(21)23/h2-6,15-19,28-29H,1,7-14H2,(H,30,31,32)/t18-,19+/m1/s1. The van der Waals surface area contributed by atoms with E-state index in [0.717, 1.165) is 73.9 Å². The number of rotatable bonds is 7. The monoisotopic (exact) mass is 478 g/mol. The van der Waals surface area contributed by atoms with Gasteiger partial charge in [-0.2, -0.15) is 0 Å². The van der Waals surface area contributed by atoms with E-state index >= 15 is 0 Å². The van der Waals surface area contributed by atoms with Gasteiger partial charge in [0.05, 0.1) is 16.9 Å². The van der Waals surface area contributed by atoms with Crippen LogP contribution in [0, 0.1) is 5.92 Å². The molecule has 1 aromatic carbocycles. The van der Waals surface area contributed by atoms with Crippen LogP contribution in [0.5, 0.6) is 0 Å². The van der Waals surface area contributed by atoms with E-state index in [9.17, 15) is 4.79 Å². The molecule has 1 aliphatic heterocycles. The zero-order chi connectivity index (χ0) is 23.5. The Bertz CT molecular complexity index is 1170. The van der Waals surface area contributed by atoms with Crippen molar-refractivity contribution in [3.8, 4) is 11.3 Å². The van der Waals surface area contributed by atoms with Gasteiger partial charge in [-0.1, -0.05) is 36.4 Å². The first-order chi connectivity index (χ1) is 16.6. The first-order valence-electron chi connectivity index (χ1n) is 12.1. The average Bonchev–Trinajstić information content (AvgIpc) is 3.50. The Morgan fingerprint density at radius 3 is 2.82 bits per heavy atom. The number of nitrogens with zero attached hydrogens (tertiary/aromatic N) is 3. The Morgan fingerprint density at radius 1 is 1.21 bits per heavy atom. The first kappa shape index (κ1) is 22.9. The van der Waals surface area contributed by atoms with Gasteiger partial charge < -0.3 is 20.5 Å². The summed E-state index contributed by atoms with van der Waals surface area (Å²) in [5.74, 6) is 1.29. The summed E-state index contributed by atoms with van der Waals surface area (Å²) < 4.78 is 0. The summed E-state index contributed by atoms with van der Waals surface area (Å²) in [6, 6.07) is 8.97. The van der Waals surface area contributed by atoms with Crippen molar-refractivity contribution < 1.29 is 4.79 Å². The molecule has 178 valence electrons. The van der Waals surface area contributed by atoms with Gasteiger partial charge in [0.15, 0.2) is 0 Å². The second-order valence-corrected chi connectivity index (χ2v) is 9.78. The van der Waals surface area contributed by atoms with Crippen molar-refractivity contribution in [1.82, 2.24) is 25.2 Å².